The van der Waals surface area contributed by atoms with Gasteiger partial charge >= 0.3 is 0 Å². The first-order chi connectivity index (χ1) is 18.1. The summed E-state index contributed by atoms with van der Waals surface area (Å²) >= 11 is 6.34. The molecule has 1 N–H and O–H groups in total. The summed E-state index contributed by atoms with van der Waals surface area (Å²) in [4.78, 5) is 27.7. The third-order valence-electron chi connectivity index (χ3n) is 6.04. The Kier molecular flexibility index (Phi) is 9.77. The number of aryl methyl sites for hydroxylation is 1. The van der Waals surface area contributed by atoms with E-state index in [4.69, 9.17) is 16.3 Å². The van der Waals surface area contributed by atoms with Crippen molar-refractivity contribution in [1.29, 1.82) is 0 Å². The van der Waals surface area contributed by atoms with Crippen LogP contribution in [0.1, 0.15) is 25.0 Å². The number of nitrogens with one attached hydrogen (secondary N) is 1. The molecule has 3 aromatic carbocycles. The molecule has 3 rings (SSSR count). The Hall–Kier alpha value is -3.56. The molecule has 0 bridgehead atoms. The molecule has 2 amide bonds. The van der Waals surface area contributed by atoms with Crippen molar-refractivity contribution < 1.29 is 22.7 Å². The summed E-state index contributed by atoms with van der Waals surface area (Å²) in [6, 6.07) is 19.0. The Labute approximate surface area is 229 Å². The van der Waals surface area contributed by atoms with Crippen LogP contribution in [-0.2, 0) is 26.2 Å². The van der Waals surface area contributed by atoms with Gasteiger partial charge in [-0.15, -0.1) is 0 Å². The first kappa shape index (κ1) is 29.0. The number of likely N-dealkylation sites (N-methyl/N-ethyl adjacent to an activating group) is 1. The molecule has 3 aromatic rings. The van der Waals surface area contributed by atoms with Gasteiger partial charge in [0, 0.05) is 18.6 Å². The summed E-state index contributed by atoms with van der Waals surface area (Å²) in [6.45, 7) is 5.24. The molecule has 0 fully saturated rings. The molecular formula is C28H32ClN3O5S. The lowest BCUT2D eigenvalue weighted by Crippen LogP contribution is -2.50. The van der Waals surface area contributed by atoms with Crippen LogP contribution in [0.15, 0.2) is 77.7 Å². The lowest BCUT2D eigenvalue weighted by molar-refractivity contribution is -0.139. The SMILES string of the molecule is CCOc1ccc(N(CC(=O)N(Cc2ccccc2Cl)[C@@H](C)C(=O)NC)S(=O)(=O)c2ccc(C)cc2)cc1. The number of ether oxygens (including phenoxy) is 1. The van der Waals surface area contributed by atoms with Crippen LogP contribution in [0.5, 0.6) is 5.75 Å². The van der Waals surface area contributed by atoms with Crippen LogP contribution in [-0.4, -0.2) is 51.4 Å². The molecule has 0 aliphatic carbocycles. The minimum Gasteiger partial charge on any atom is -0.494 e. The number of rotatable bonds is 11. The van der Waals surface area contributed by atoms with Crippen molar-refractivity contribution in [3.63, 3.8) is 0 Å². The molecule has 38 heavy (non-hydrogen) atoms. The molecule has 1 atom stereocenters. The van der Waals surface area contributed by atoms with Crippen molar-refractivity contribution in [2.45, 2.75) is 38.3 Å². The van der Waals surface area contributed by atoms with Gasteiger partial charge in [0.05, 0.1) is 17.2 Å². The molecule has 0 aromatic heterocycles. The fourth-order valence-corrected chi connectivity index (χ4v) is 5.45. The number of hydrogen-bond acceptors (Lipinski definition) is 5. The van der Waals surface area contributed by atoms with E-state index in [0.717, 1.165) is 9.87 Å². The van der Waals surface area contributed by atoms with Gasteiger partial charge in [0.15, 0.2) is 0 Å². The summed E-state index contributed by atoms with van der Waals surface area (Å²) < 4.78 is 34.2. The summed E-state index contributed by atoms with van der Waals surface area (Å²) in [5.74, 6) is -0.381. The van der Waals surface area contributed by atoms with Gasteiger partial charge in [-0.3, -0.25) is 13.9 Å². The zero-order valence-corrected chi connectivity index (χ0v) is 23.4. The lowest BCUT2D eigenvalue weighted by Gasteiger charge is -2.32. The van der Waals surface area contributed by atoms with E-state index < -0.39 is 28.5 Å². The highest BCUT2D eigenvalue weighted by Gasteiger charge is 2.32. The Balaban J connectivity index is 2.04. The average molecular weight is 558 g/mol. The van der Waals surface area contributed by atoms with Crippen LogP contribution in [0.3, 0.4) is 0 Å². The maximum atomic E-state index is 13.8. The van der Waals surface area contributed by atoms with Gasteiger partial charge in [-0.25, -0.2) is 8.42 Å². The summed E-state index contributed by atoms with van der Waals surface area (Å²) in [7, 11) is -2.66. The van der Waals surface area contributed by atoms with Gasteiger partial charge < -0.3 is 15.0 Å². The largest absolute Gasteiger partial charge is 0.494 e. The number of sulfonamides is 1. The van der Waals surface area contributed by atoms with E-state index in [1.807, 2.05) is 13.8 Å². The minimum atomic E-state index is -4.14. The van der Waals surface area contributed by atoms with E-state index in [-0.39, 0.29) is 23.0 Å². The van der Waals surface area contributed by atoms with Crippen LogP contribution in [0.25, 0.3) is 0 Å². The normalized spacial score (nSPS) is 11.9. The molecule has 0 spiro atoms. The number of anilines is 1. The number of hydrogen-bond donors (Lipinski definition) is 1. The molecule has 0 saturated heterocycles. The third-order valence-corrected chi connectivity index (χ3v) is 8.19. The van der Waals surface area contributed by atoms with E-state index in [1.165, 1.54) is 24.1 Å². The lowest BCUT2D eigenvalue weighted by atomic mass is 10.1. The average Bonchev–Trinajstić information content (AvgIpc) is 2.91. The van der Waals surface area contributed by atoms with Gasteiger partial charge in [0.2, 0.25) is 11.8 Å². The molecule has 0 unspecified atom stereocenters. The Bertz CT molecular complexity index is 1360. The number of amides is 2. The molecule has 10 heteroatoms. The predicted octanol–water partition coefficient (Wildman–Crippen LogP) is 4.41. The van der Waals surface area contributed by atoms with Gasteiger partial charge in [-0.2, -0.15) is 0 Å². The smallest absolute Gasteiger partial charge is 0.264 e. The van der Waals surface area contributed by atoms with Crippen molar-refractivity contribution >= 4 is 39.1 Å². The second-order valence-corrected chi connectivity index (χ2v) is 10.9. The summed E-state index contributed by atoms with van der Waals surface area (Å²) in [5, 5.41) is 2.99. The van der Waals surface area contributed by atoms with E-state index in [1.54, 1.807) is 67.6 Å². The van der Waals surface area contributed by atoms with Crippen molar-refractivity contribution in [3.05, 3.63) is 88.9 Å². The third kappa shape index (κ3) is 6.85. The maximum absolute atomic E-state index is 13.8. The summed E-state index contributed by atoms with van der Waals surface area (Å²) in [5.41, 5.74) is 1.82. The molecule has 8 nitrogen and oxygen atoms in total. The van der Waals surface area contributed by atoms with Gasteiger partial charge in [-0.05, 0) is 68.8 Å². The van der Waals surface area contributed by atoms with Crippen molar-refractivity contribution in [3.8, 4) is 5.75 Å². The highest BCUT2D eigenvalue weighted by Crippen LogP contribution is 2.27. The molecular weight excluding hydrogens is 526 g/mol. The highest BCUT2D eigenvalue weighted by molar-refractivity contribution is 7.92. The highest BCUT2D eigenvalue weighted by atomic mass is 35.5. The van der Waals surface area contributed by atoms with Gasteiger partial charge in [0.25, 0.3) is 10.0 Å². The van der Waals surface area contributed by atoms with Crippen LogP contribution in [0, 0.1) is 6.92 Å². The van der Waals surface area contributed by atoms with E-state index in [9.17, 15) is 18.0 Å². The molecule has 0 aliphatic rings. The molecule has 0 aliphatic heterocycles. The molecule has 0 heterocycles. The second-order valence-electron chi connectivity index (χ2n) is 8.65. The maximum Gasteiger partial charge on any atom is 0.264 e. The zero-order chi connectivity index (χ0) is 27.9. The predicted molar refractivity (Wildman–Crippen MR) is 149 cm³/mol. The number of halogens is 1. The fraction of sp³-hybridized carbons (Fsp3) is 0.286. The van der Waals surface area contributed by atoms with Crippen LogP contribution in [0.2, 0.25) is 5.02 Å². The molecule has 0 radical (unpaired) electrons. The number of nitrogens with zero attached hydrogens (tertiary/aromatic N) is 2. The van der Waals surface area contributed by atoms with Crippen LogP contribution < -0.4 is 14.4 Å². The first-order valence-electron chi connectivity index (χ1n) is 12.1. The van der Waals surface area contributed by atoms with Crippen molar-refractivity contribution in [2.24, 2.45) is 0 Å². The van der Waals surface area contributed by atoms with Crippen molar-refractivity contribution in [2.75, 3.05) is 24.5 Å². The number of carbonyl (C=O) groups excluding carboxylic acids is 2. The monoisotopic (exact) mass is 557 g/mol. The summed E-state index contributed by atoms with van der Waals surface area (Å²) in [6.07, 6.45) is 0. The van der Waals surface area contributed by atoms with Gasteiger partial charge in [0.1, 0.15) is 18.3 Å². The van der Waals surface area contributed by atoms with Crippen LogP contribution >= 0.6 is 11.6 Å². The van der Waals surface area contributed by atoms with E-state index in [2.05, 4.69) is 5.32 Å². The van der Waals surface area contributed by atoms with Gasteiger partial charge in [-0.1, -0.05) is 47.5 Å². The number of benzene rings is 3. The van der Waals surface area contributed by atoms with Crippen LogP contribution in [0.4, 0.5) is 5.69 Å². The fourth-order valence-electron chi connectivity index (χ4n) is 3.84. The van der Waals surface area contributed by atoms with E-state index in [0.29, 0.717) is 22.9 Å². The van der Waals surface area contributed by atoms with Crippen molar-refractivity contribution in [1.82, 2.24) is 10.2 Å². The molecule has 0 saturated carbocycles. The Morgan fingerprint density at radius 1 is 1.00 bits per heavy atom. The zero-order valence-electron chi connectivity index (χ0n) is 21.8. The Morgan fingerprint density at radius 2 is 1.63 bits per heavy atom. The second kappa shape index (κ2) is 12.8. The molecule has 202 valence electrons. The first-order valence-corrected chi connectivity index (χ1v) is 14.0. The minimum absolute atomic E-state index is 0.0226. The number of carbonyl (C=O) groups is 2. The standard InChI is InChI=1S/C28H32ClN3O5S/c1-5-37-24-14-12-23(13-15-24)32(38(35,36)25-16-10-20(2)11-17-25)19-27(33)31(21(3)28(34)30-4)18-22-8-6-7-9-26(22)29/h6-17,21H,5,18-19H2,1-4H3,(H,30,34)/t21-/m0/s1. The Morgan fingerprint density at radius 3 is 2.21 bits per heavy atom. The topological polar surface area (TPSA) is 96.0 Å². The van der Waals surface area contributed by atoms with E-state index >= 15 is 0 Å². The quantitative estimate of drug-likeness (QED) is 0.377.